The van der Waals surface area contributed by atoms with Gasteiger partial charge in [0.15, 0.2) is 0 Å². The summed E-state index contributed by atoms with van der Waals surface area (Å²) in [4.78, 5) is 11.8. The summed E-state index contributed by atoms with van der Waals surface area (Å²) in [6.45, 7) is -0.331. The highest BCUT2D eigenvalue weighted by Crippen LogP contribution is 2.29. The highest BCUT2D eigenvalue weighted by atomic mass is 19.4. The van der Waals surface area contributed by atoms with Crippen LogP contribution in [0.25, 0.3) is 0 Å². The van der Waals surface area contributed by atoms with E-state index in [-0.39, 0.29) is 19.6 Å². The number of benzene rings is 1. The van der Waals surface area contributed by atoms with E-state index in [0.29, 0.717) is 5.56 Å². The summed E-state index contributed by atoms with van der Waals surface area (Å²) in [6.07, 6.45) is -6.79. The standard InChI is InChI=1S/C15H19F3N2O4/c16-15(17,18)9-3-1-8(2-4-9)5-12(22)19-6-10-13(23)14(24)11(7-21)20-10/h1-4,10-11,13-14,20-21,23-24H,5-7H2,(H,19,22)/t10-,11-,13-,14-/m1/s1. The van der Waals surface area contributed by atoms with Gasteiger partial charge in [0.1, 0.15) is 0 Å². The molecule has 5 N–H and O–H groups in total. The fourth-order valence-corrected chi connectivity index (χ4v) is 2.57. The number of amides is 1. The highest BCUT2D eigenvalue weighted by molar-refractivity contribution is 5.78. The summed E-state index contributed by atoms with van der Waals surface area (Å²) in [6, 6.07) is 3.00. The van der Waals surface area contributed by atoms with Gasteiger partial charge in [-0.25, -0.2) is 0 Å². The number of alkyl halides is 3. The van der Waals surface area contributed by atoms with E-state index in [2.05, 4.69) is 10.6 Å². The molecule has 0 saturated carbocycles. The molecule has 9 heteroatoms. The van der Waals surface area contributed by atoms with Crippen molar-refractivity contribution in [2.75, 3.05) is 13.2 Å². The number of hydrogen-bond donors (Lipinski definition) is 5. The van der Waals surface area contributed by atoms with Crippen LogP contribution in [0.3, 0.4) is 0 Å². The Labute approximate surface area is 136 Å². The van der Waals surface area contributed by atoms with E-state index in [1.165, 1.54) is 12.1 Å². The van der Waals surface area contributed by atoms with Gasteiger partial charge in [0.05, 0.1) is 42.9 Å². The molecule has 1 aromatic rings. The van der Waals surface area contributed by atoms with Crippen LogP contribution in [0.5, 0.6) is 0 Å². The second kappa shape index (κ2) is 7.47. The molecule has 1 aromatic carbocycles. The minimum absolute atomic E-state index is 0.0220. The van der Waals surface area contributed by atoms with Gasteiger partial charge in [0, 0.05) is 6.54 Å². The Morgan fingerprint density at radius 2 is 1.71 bits per heavy atom. The maximum Gasteiger partial charge on any atom is 0.416 e. The van der Waals surface area contributed by atoms with Gasteiger partial charge >= 0.3 is 6.18 Å². The fourth-order valence-electron chi connectivity index (χ4n) is 2.57. The lowest BCUT2D eigenvalue weighted by Crippen LogP contribution is -2.44. The second-order valence-corrected chi connectivity index (χ2v) is 5.72. The number of nitrogens with one attached hydrogen (secondary N) is 2. The number of hydrogen-bond acceptors (Lipinski definition) is 5. The number of carbonyl (C=O) groups is 1. The van der Waals surface area contributed by atoms with Gasteiger partial charge in [-0.15, -0.1) is 0 Å². The van der Waals surface area contributed by atoms with Crippen LogP contribution in [-0.4, -0.2) is 58.7 Å². The largest absolute Gasteiger partial charge is 0.416 e. The average Bonchev–Trinajstić information content (AvgIpc) is 2.80. The molecule has 134 valence electrons. The SMILES string of the molecule is O=C(Cc1ccc(C(F)(F)F)cc1)NC[C@H]1N[C@H](CO)[C@@H](O)[C@@H]1O. The zero-order valence-electron chi connectivity index (χ0n) is 12.6. The number of aliphatic hydroxyl groups is 3. The molecule has 0 unspecified atom stereocenters. The molecule has 0 spiro atoms. The first-order valence-corrected chi connectivity index (χ1v) is 7.38. The lowest BCUT2D eigenvalue weighted by Gasteiger charge is -2.16. The van der Waals surface area contributed by atoms with Crippen molar-refractivity contribution in [3.05, 3.63) is 35.4 Å². The van der Waals surface area contributed by atoms with Crippen LogP contribution in [0.4, 0.5) is 13.2 Å². The molecular weight excluding hydrogens is 329 g/mol. The first-order chi connectivity index (χ1) is 11.2. The molecule has 1 fully saturated rings. The molecule has 1 aliphatic heterocycles. The molecule has 1 amide bonds. The van der Waals surface area contributed by atoms with Crippen molar-refractivity contribution in [2.24, 2.45) is 0 Å². The smallest absolute Gasteiger partial charge is 0.395 e. The van der Waals surface area contributed by atoms with Crippen molar-refractivity contribution < 1.29 is 33.3 Å². The minimum Gasteiger partial charge on any atom is -0.395 e. The van der Waals surface area contributed by atoms with Gasteiger partial charge in [0.2, 0.25) is 5.91 Å². The molecule has 0 radical (unpaired) electrons. The predicted molar refractivity (Wildman–Crippen MR) is 78.0 cm³/mol. The van der Waals surface area contributed by atoms with Crippen LogP contribution in [0.1, 0.15) is 11.1 Å². The Morgan fingerprint density at radius 3 is 2.21 bits per heavy atom. The lowest BCUT2D eigenvalue weighted by molar-refractivity contribution is -0.137. The molecule has 1 heterocycles. The Kier molecular flexibility index (Phi) is 5.81. The number of aliphatic hydroxyl groups excluding tert-OH is 3. The Morgan fingerprint density at radius 1 is 1.12 bits per heavy atom. The van der Waals surface area contributed by atoms with E-state index in [0.717, 1.165) is 12.1 Å². The highest BCUT2D eigenvalue weighted by Gasteiger charge is 2.40. The normalized spacial score (nSPS) is 27.2. The third-order valence-corrected chi connectivity index (χ3v) is 3.96. The Bertz CT molecular complexity index is 565. The van der Waals surface area contributed by atoms with Crippen molar-refractivity contribution in [2.45, 2.75) is 36.9 Å². The van der Waals surface area contributed by atoms with Crippen LogP contribution in [0.15, 0.2) is 24.3 Å². The molecule has 1 aliphatic rings. The summed E-state index contributed by atoms with van der Waals surface area (Å²) in [7, 11) is 0. The molecule has 0 bridgehead atoms. The first-order valence-electron chi connectivity index (χ1n) is 7.38. The van der Waals surface area contributed by atoms with Crippen LogP contribution in [-0.2, 0) is 17.4 Å². The van der Waals surface area contributed by atoms with E-state index < -0.39 is 41.9 Å². The maximum absolute atomic E-state index is 12.5. The quantitative estimate of drug-likeness (QED) is 0.490. The van der Waals surface area contributed by atoms with Crippen LogP contribution < -0.4 is 10.6 Å². The molecule has 1 saturated heterocycles. The summed E-state index contributed by atoms with van der Waals surface area (Å²) in [5.41, 5.74) is -0.359. The third kappa shape index (κ3) is 4.44. The zero-order chi connectivity index (χ0) is 17.9. The van der Waals surface area contributed by atoms with Gasteiger partial charge in [-0.3, -0.25) is 4.79 Å². The molecule has 2 rings (SSSR count). The van der Waals surface area contributed by atoms with Crippen LogP contribution in [0, 0.1) is 0 Å². The Balaban J connectivity index is 1.84. The first kappa shape index (κ1) is 18.7. The molecule has 0 aliphatic carbocycles. The molecule has 24 heavy (non-hydrogen) atoms. The summed E-state index contributed by atoms with van der Waals surface area (Å²) < 4.78 is 37.4. The van der Waals surface area contributed by atoms with Crippen LogP contribution >= 0.6 is 0 Å². The van der Waals surface area contributed by atoms with E-state index >= 15 is 0 Å². The van der Waals surface area contributed by atoms with Gasteiger partial charge < -0.3 is 26.0 Å². The van der Waals surface area contributed by atoms with Gasteiger partial charge in [-0.1, -0.05) is 12.1 Å². The maximum atomic E-state index is 12.5. The van der Waals surface area contributed by atoms with Crippen molar-refractivity contribution >= 4 is 5.91 Å². The van der Waals surface area contributed by atoms with E-state index in [9.17, 15) is 28.2 Å². The van der Waals surface area contributed by atoms with Crippen LogP contribution in [0.2, 0.25) is 0 Å². The van der Waals surface area contributed by atoms with Gasteiger partial charge in [-0.05, 0) is 17.7 Å². The number of carbonyl (C=O) groups excluding carboxylic acids is 1. The molecule has 6 nitrogen and oxygen atoms in total. The lowest BCUT2D eigenvalue weighted by atomic mass is 10.1. The second-order valence-electron chi connectivity index (χ2n) is 5.72. The molecule has 4 atom stereocenters. The van der Waals surface area contributed by atoms with Gasteiger partial charge in [-0.2, -0.15) is 13.2 Å². The minimum atomic E-state index is -4.42. The zero-order valence-corrected chi connectivity index (χ0v) is 12.6. The Hall–Kier alpha value is -1.68. The van der Waals surface area contributed by atoms with Crippen molar-refractivity contribution in [1.29, 1.82) is 0 Å². The molecular formula is C15H19F3N2O4. The fraction of sp³-hybridized carbons (Fsp3) is 0.533. The van der Waals surface area contributed by atoms with Crippen molar-refractivity contribution in [1.82, 2.24) is 10.6 Å². The number of rotatable bonds is 5. The number of halogens is 3. The summed E-state index contributed by atoms with van der Waals surface area (Å²) >= 11 is 0. The monoisotopic (exact) mass is 348 g/mol. The van der Waals surface area contributed by atoms with E-state index in [1.54, 1.807) is 0 Å². The average molecular weight is 348 g/mol. The summed E-state index contributed by atoms with van der Waals surface area (Å²) in [5, 5.41) is 33.8. The topological polar surface area (TPSA) is 102 Å². The van der Waals surface area contributed by atoms with Gasteiger partial charge in [0.25, 0.3) is 0 Å². The summed E-state index contributed by atoms with van der Waals surface area (Å²) in [5.74, 6) is -0.425. The third-order valence-electron chi connectivity index (χ3n) is 3.96. The van der Waals surface area contributed by atoms with E-state index in [4.69, 9.17) is 5.11 Å². The predicted octanol–water partition coefficient (Wildman–Crippen LogP) is -0.581. The van der Waals surface area contributed by atoms with Crippen molar-refractivity contribution in [3.8, 4) is 0 Å². The van der Waals surface area contributed by atoms with E-state index in [1.807, 2.05) is 0 Å². The molecule has 0 aromatic heterocycles. The van der Waals surface area contributed by atoms with Crippen molar-refractivity contribution in [3.63, 3.8) is 0 Å².